The van der Waals surface area contributed by atoms with Gasteiger partial charge in [0.05, 0.1) is 11.1 Å². The van der Waals surface area contributed by atoms with Crippen LogP contribution in [0.4, 0.5) is 0 Å². The fourth-order valence-electron chi connectivity index (χ4n) is 1.16. The summed E-state index contributed by atoms with van der Waals surface area (Å²) >= 11 is 0. The molecule has 0 saturated carbocycles. The summed E-state index contributed by atoms with van der Waals surface area (Å²) in [5, 5.41) is 16.8. The van der Waals surface area contributed by atoms with E-state index >= 15 is 0 Å². The third kappa shape index (κ3) is 8.77. The van der Waals surface area contributed by atoms with E-state index in [-0.39, 0.29) is 0 Å². The van der Waals surface area contributed by atoms with E-state index in [0.29, 0.717) is 11.1 Å². The van der Waals surface area contributed by atoms with Crippen LogP contribution < -0.4 is 0 Å². The van der Waals surface area contributed by atoms with Crippen molar-refractivity contribution >= 4 is 11.9 Å². The minimum atomic E-state index is -0.879. The molecule has 0 aromatic heterocycles. The van der Waals surface area contributed by atoms with E-state index in [1.165, 1.54) is 0 Å². The quantitative estimate of drug-likeness (QED) is 0.819. The van der Waals surface area contributed by atoms with E-state index < -0.39 is 11.9 Å². The van der Waals surface area contributed by atoms with E-state index in [9.17, 15) is 9.59 Å². The predicted molar refractivity (Wildman–Crippen MR) is 82.7 cm³/mol. The number of allylic oxidation sites excluding steroid dienone is 1. The molecule has 0 fully saturated rings. The van der Waals surface area contributed by atoms with Crippen LogP contribution >= 0.6 is 0 Å². The molecule has 0 aliphatic carbocycles. The first-order valence-corrected chi connectivity index (χ1v) is 6.16. The molecular formula is C17H18O4. The van der Waals surface area contributed by atoms with Crippen LogP contribution in [0.3, 0.4) is 0 Å². The summed E-state index contributed by atoms with van der Waals surface area (Å²) in [5.74, 6) is -1.76. The minimum Gasteiger partial charge on any atom is -0.478 e. The van der Waals surface area contributed by atoms with Crippen molar-refractivity contribution in [3.63, 3.8) is 0 Å². The molecule has 110 valence electrons. The lowest BCUT2D eigenvalue weighted by Gasteiger charge is -1.88. The molecule has 2 aromatic carbocycles. The molecule has 2 rings (SSSR count). The van der Waals surface area contributed by atoms with Crippen molar-refractivity contribution in [2.45, 2.75) is 6.92 Å². The van der Waals surface area contributed by atoms with E-state index in [4.69, 9.17) is 10.2 Å². The van der Waals surface area contributed by atoms with E-state index in [0.717, 1.165) is 0 Å². The number of rotatable bonds is 2. The van der Waals surface area contributed by atoms with Crippen molar-refractivity contribution < 1.29 is 19.8 Å². The molecule has 21 heavy (non-hydrogen) atoms. The molecule has 4 nitrogen and oxygen atoms in total. The van der Waals surface area contributed by atoms with Gasteiger partial charge in [-0.05, 0) is 31.2 Å². The molecule has 0 unspecified atom stereocenters. The van der Waals surface area contributed by atoms with Gasteiger partial charge in [-0.2, -0.15) is 0 Å². The SMILES string of the molecule is C=CC.O=C(O)c1ccccc1.O=C(O)c1ccccc1. The zero-order valence-corrected chi connectivity index (χ0v) is 11.8. The van der Waals surface area contributed by atoms with Gasteiger partial charge in [-0.3, -0.25) is 0 Å². The van der Waals surface area contributed by atoms with Crippen LogP contribution in [0.5, 0.6) is 0 Å². The van der Waals surface area contributed by atoms with Crippen LogP contribution in [0.2, 0.25) is 0 Å². The van der Waals surface area contributed by atoms with Gasteiger partial charge in [-0.25, -0.2) is 9.59 Å². The molecule has 0 radical (unpaired) electrons. The van der Waals surface area contributed by atoms with Gasteiger partial charge < -0.3 is 10.2 Å². The van der Waals surface area contributed by atoms with Crippen molar-refractivity contribution in [3.8, 4) is 0 Å². The van der Waals surface area contributed by atoms with Crippen molar-refractivity contribution in [2.75, 3.05) is 0 Å². The molecule has 0 aliphatic rings. The lowest BCUT2D eigenvalue weighted by atomic mass is 10.2. The van der Waals surface area contributed by atoms with E-state index in [1.807, 2.05) is 6.92 Å². The predicted octanol–water partition coefficient (Wildman–Crippen LogP) is 3.96. The highest BCUT2D eigenvalue weighted by Crippen LogP contribution is 1.96. The summed E-state index contributed by atoms with van der Waals surface area (Å²) in [4.78, 5) is 20.4. The van der Waals surface area contributed by atoms with E-state index in [1.54, 1.807) is 66.7 Å². The summed E-state index contributed by atoms with van der Waals surface area (Å²) in [6.45, 7) is 5.25. The number of benzene rings is 2. The Labute approximate surface area is 124 Å². The first-order valence-electron chi connectivity index (χ1n) is 6.16. The molecular weight excluding hydrogens is 268 g/mol. The minimum absolute atomic E-state index is 0.331. The number of carboxylic acid groups (broad SMARTS) is 2. The lowest BCUT2D eigenvalue weighted by Crippen LogP contribution is -1.93. The van der Waals surface area contributed by atoms with Crippen LogP contribution in [-0.2, 0) is 0 Å². The molecule has 0 saturated heterocycles. The maximum atomic E-state index is 10.2. The average molecular weight is 286 g/mol. The van der Waals surface area contributed by atoms with E-state index in [2.05, 4.69) is 6.58 Å². The monoisotopic (exact) mass is 286 g/mol. The topological polar surface area (TPSA) is 74.6 Å². The molecule has 0 atom stereocenters. The first-order chi connectivity index (χ1) is 10.0. The second-order valence-electron chi connectivity index (χ2n) is 3.75. The van der Waals surface area contributed by atoms with Crippen molar-refractivity contribution in [1.29, 1.82) is 0 Å². The highest BCUT2D eigenvalue weighted by molar-refractivity contribution is 5.87. The van der Waals surface area contributed by atoms with Gasteiger partial charge in [0.1, 0.15) is 0 Å². The molecule has 4 heteroatoms. The van der Waals surface area contributed by atoms with Crippen LogP contribution in [0.25, 0.3) is 0 Å². The van der Waals surface area contributed by atoms with Crippen molar-refractivity contribution in [2.24, 2.45) is 0 Å². The summed E-state index contributed by atoms with van der Waals surface area (Å²) < 4.78 is 0. The zero-order valence-electron chi connectivity index (χ0n) is 11.8. The van der Waals surface area contributed by atoms with Crippen LogP contribution in [0.15, 0.2) is 73.3 Å². The Morgan fingerprint density at radius 3 is 1.19 bits per heavy atom. The fourth-order valence-corrected chi connectivity index (χ4v) is 1.16. The van der Waals surface area contributed by atoms with Crippen LogP contribution in [0, 0.1) is 0 Å². The maximum absolute atomic E-state index is 10.2. The Balaban J connectivity index is 0.000000322. The zero-order chi connectivity index (χ0) is 16.1. The Kier molecular flexibility index (Phi) is 9.48. The Hall–Kier alpha value is -2.88. The highest BCUT2D eigenvalue weighted by atomic mass is 16.4. The highest BCUT2D eigenvalue weighted by Gasteiger charge is 1.97. The largest absolute Gasteiger partial charge is 0.478 e. The number of carboxylic acids is 2. The van der Waals surface area contributed by atoms with Gasteiger partial charge in [0.2, 0.25) is 0 Å². The third-order valence-electron chi connectivity index (χ3n) is 2.04. The maximum Gasteiger partial charge on any atom is 0.335 e. The van der Waals surface area contributed by atoms with Gasteiger partial charge in [-0.1, -0.05) is 42.5 Å². The number of hydrogen-bond acceptors (Lipinski definition) is 2. The molecule has 0 bridgehead atoms. The molecule has 2 aromatic rings. The van der Waals surface area contributed by atoms with Crippen molar-refractivity contribution in [1.82, 2.24) is 0 Å². The van der Waals surface area contributed by atoms with Crippen LogP contribution in [-0.4, -0.2) is 22.2 Å². The number of hydrogen-bond donors (Lipinski definition) is 2. The van der Waals surface area contributed by atoms with Gasteiger partial charge in [0, 0.05) is 0 Å². The Morgan fingerprint density at radius 1 is 0.810 bits per heavy atom. The summed E-state index contributed by atoms with van der Waals surface area (Å²) in [7, 11) is 0. The third-order valence-corrected chi connectivity index (χ3v) is 2.04. The molecule has 0 spiro atoms. The number of aromatic carboxylic acids is 2. The first kappa shape index (κ1) is 18.1. The van der Waals surface area contributed by atoms with Gasteiger partial charge in [-0.15, -0.1) is 6.58 Å². The fraction of sp³-hybridized carbons (Fsp3) is 0.0588. The van der Waals surface area contributed by atoms with Gasteiger partial charge >= 0.3 is 11.9 Å². The second kappa shape index (κ2) is 11.0. The number of carbonyl (C=O) groups is 2. The molecule has 0 aliphatic heterocycles. The normalized spacial score (nSPS) is 8.24. The Bertz CT molecular complexity index is 498. The lowest BCUT2D eigenvalue weighted by molar-refractivity contribution is 0.0686. The second-order valence-corrected chi connectivity index (χ2v) is 3.75. The van der Waals surface area contributed by atoms with Gasteiger partial charge in [0.15, 0.2) is 0 Å². The van der Waals surface area contributed by atoms with Gasteiger partial charge in [0.25, 0.3) is 0 Å². The summed E-state index contributed by atoms with van der Waals surface area (Å²) in [6, 6.07) is 16.6. The molecule has 0 amide bonds. The summed E-state index contributed by atoms with van der Waals surface area (Å²) in [5.41, 5.74) is 0.662. The van der Waals surface area contributed by atoms with Crippen molar-refractivity contribution in [3.05, 3.63) is 84.4 Å². The summed E-state index contributed by atoms with van der Waals surface area (Å²) in [6.07, 6.45) is 1.75. The molecule has 2 N–H and O–H groups in total. The average Bonchev–Trinajstić information content (AvgIpc) is 2.50. The Morgan fingerprint density at radius 2 is 1.05 bits per heavy atom. The molecule has 0 heterocycles. The standard InChI is InChI=1S/2C7H6O2.C3H6/c2*8-7(9)6-4-2-1-3-5-6;1-3-2/h2*1-5H,(H,8,9);3H,1H2,2H3. The smallest absolute Gasteiger partial charge is 0.335 e. The van der Waals surface area contributed by atoms with Crippen LogP contribution in [0.1, 0.15) is 27.6 Å².